The van der Waals surface area contributed by atoms with Crippen LogP contribution in [-0.2, 0) is 14.1 Å². The highest BCUT2D eigenvalue weighted by molar-refractivity contribution is 6.83. The zero-order chi connectivity index (χ0) is 15.5. The van der Waals surface area contributed by atoms with Gasteiger partial charge in [0.05, 0.1) is 6.54 Å². The number of aromatic nitrogens is 2. The Kier molecular flexibility index (Phi) is 4.59. The Morgan fingerprint density at radius 2 is 1.80 bits per heavy atom. The van der Waals surface area contributed by atoms with E-state index < -0.39 is 19.3 Å². The van der Waals surface area contributed by atoms with Gasteiger partial charge in [0.25, 0.3) is 5.56 Å². The van der Waals surface area contributed by atoms with Gasteiger partial charge in [-0.15, -0.1) is 5.54 Å². The van der Waals surface area contributed by atoms with E-state index in [9.17, 15) is 9.59 Å². The molecule has 0 unspecified atom stereocenters. The molecule has 0 fully saturated rings. The Morgan fingerprint density at radius 1 is 1.20 bits per heavy atom. The van der Waals surface area contributed by atoms with Gasteiger partial charge < -0.3 is 5.32 Å². The molecule has 1 N–H and O–H groups in total. The predicted octanol–water partition coefficient (Wildman–Crippen LogP) is 0.248. The summed E-state index contributed by atoms with van der Waals surface area (Å²) in [6.45, 7) is 6.65. The first kappa shape index (κ1) is 15.8. The van der Waals surface area contributed by atoms with Gasteiger partial charge in [-0.2, -0.15) is 5.26 Å². The SMILES string of the molecule is Cn1c(NCC#C[Si](C)(C)C)c(C#N)c(=O)n(C)c1=O. The number of hydrogen-bond donors (Lipinski definition) is 1. The Hall–Kier alpha value is -2.25. The number of hydrogen-bond acceptors (Lipinski definition) is 4. The van der Waals surface area contributed by atoms with Crippen molar-refractivity contribution in [3.8, 4) is 17.5 Å². The van der Waals surface area contributed by atoms with Crippen molar-refractivity contribution in [2.75, 3.05) is 11.9 Å². The fourth-order valence-corrected chi connectivity index (χ4v) is 2.21. The first-order valence-electron chi connectivity index (χ1n) is 6.13. The molecule has 0 aliphatic heterocycles. The van der Waals surface area contributed by atoms with Crippen LogP contribution >= 0.6 is 0 Å². The standard InChI is InChI=1S/C13H18N4O2Si/c1-16-11(15-7-6-8-20(3,4)5)10(9-14)12(18)17(2)13(16)19/h15H,7H2,1-5H3. The quantitative estimate of drug-likeness (QED) is 0.625. The molecule has 1 heterocycles. The lowest BCUT2D eigenvalue weighted by Crippen LogP contribution is -2.39. The molecule has 0 radical (unpaired) electrons. The first-order valence-corrected chi connectivity index (χ1v) is 9.63. The molecule has 6 nitrogen and oxygen atoms in total. The third-order valence-electron chi connectivity index (χ3n) is 2.58. The Bertz CT molecular complexity index is 736. The maximum Gasteiger partial charge on any atom is 0.332 e. The van der Waals surface area contributed by atoms with Crippen LogP contribution in [0.25, 0.3) is 0 Å². The number of anilines is 1. The minimum atomic E-state index is -1.46. The molecule has 0 aliphatic rings. The van der Waals surface area contributed by atoms with Crippen LogP contribution in [0, 0.1) is 22.8 Å². The summed E-state index contributed by atoms with van der Waals surface area (Å²) in [6.07, 6.45) is 0. The number of nitrogens with one attached hydrogen (secondary N) is 1. The van der Waals surface area contributed by atoms with Crippen molar-refractivity contribution in [1.29, 1.82) is 5.26 Å². The van der Waals surface area contributed by atoms with Gasteiger partial charge >= 0.3 is 5.69 Å². The molecule has 0 spiro atoms. The average Bonchev–Trinajstić information content (AvgIpc) is 2.36. The van der Waals surface area contributed by atoms with Crippen LogP contribution < -0.4 is 16.6 Å². The van der Waals surface area contributed by atoms with E-state index in [4.69, 9.17) is 5.26 Å². The van der Waals surface area contributed by atoms with Gasteiger partial charge in [0.1, 0.15) is 20.0 Å². The molecule has 20 heavy (non-hydrogen) atoms. The Labute approximate surface area is 118 Å². The van der Waals surface area contributed by atoms with Crippen LogP contribution in [0.1, 0.15) is 5.56 Å². The average molecular weight is 290 g/mol. The summed E-state index contributed by atoms with van der Waals surface area (Å²) in [5, 5.41) is 12.0. The van der Waals surface area contributed by atoms with E-state index in [0.29, 0.717) is 6.54 Å². The Morgan fingerprint density at radius 3 is 2.30 bits per heavy atom. The molecule has 1 aromatic heterocycles. The third-order valence-corrected chi connectivity index (χ3v) is 3.51. The summed E-state index contributed by atoms with van der Waals surface area (Å²) in [5.74, 6) is 3.19. The summed E-state index contributed by atoms with van der Waals surface area (Å²) < 4.78 is 2.16. The van der Waals surface area contributed by atoms with E-state index in [-0.39, 0.29) is 11.4 Å². The number of nitriles is 1. The highest BCUT2D eigenvalue weighted by atomic mass is 28.3. The predicted molar refractivity (Wildman–Crippen MR) is 81.3 cm³/mol. The van der Waals surface area contributed by atoms with Crippen molar-refractivity contribution in [2.45, 2.75) is 19.6 Å². The lowest BCUT2D eigenvalue weighted by molar-refractivity contribution is 0.687. The summed E-state index contributed by atoms with van der Waals surface area (Å²) in [5.41, 5.74) is 2.01. The van der Waals surface area contributed by atoms with Gasteiger partial charge in [0.2, 0.25) is 0 Å². The topological polar surface area (TPSA) is 79.8 Å². The van der Waals surface area contributed by atoms with E-state index in [2.05, 4.69) is 36.4 Å². The number of nitrogens with zero attached hydrogens (tertiary/aromatic N) is 3. The lowest BCUT2D eigenvalue weighted by Gasteiger charge is -2.12. The largest absolute Gasteiger partial charge is 0.359 e. The molecule has 0 bridgehead atoms. The monoisotopic (exact) mass is 290 g/mol. The van der Waals surface area contributed by atoms with Gasteiger partial charge in [0, 0.05) is 14.1 Å². The molecular formula is C13H18N4O2Si. The van der Waals surface area contributed by atoms with Crippen LogP contribution in [0.15, 0.2) is 9.59 Å². The molecule has 0 atom stereocenters. The number of rotatable bonds is 2. The second kappa shape index (κ2) is 5.80. The van der Waals surface area contributed by atoms with E-state index >= 15 is 0 Å². The van der Waals surface area contributed by atoms with Crippen LogP contribution in [-0.4, -0.2) is 23.8 Å². The molecular weight excluding hydrogens is 272 g/mol. The maximum atomic E-state index is 11.8. The van der Waals surface area contributed by atoms with E-state index in [1.165, 1.54) is 18.7 Å². The smallest absolute Gasteiger partial charge is 0.332 e. The Balaban J connectivity index is 3.20. The second-order valence-corrected chi connectivity index (χ2v) is 10.2. The maximum absolute atomic E-state index is 11.8. The zero-order valence-corrected chi connectivity index (χ0v) is 13.4. The summed E-state index contributed by atoms with van der Waals surface area (Å²) in [6, 6.07) is 1.83. The van der Waals surface area contributed by atoms with Crippen LogP contribution in [0.2, 0.25) is 19.6 Å². The van der Waals surface area contributed by atoms with E-state index in [0.717, 1.165) is 4.57 Å². The molecule has 0 saturated heterocycles. The van der Waals surface area contributed by atoms with Gasteiger partial charge in [-0.1, -0.05) is 25.6 Å². The molecule has 0 aromatic carbocycles. The van der Waals surface area contributed by atoms with Crippen molar-refractivity contribution >= 4 is 13.9 Å². The van der Waals surface area contributed by atoms with Gasteiger partial charge in [0.15, 0.2) is 5.56 Å². The minimum absolute atomic E-state index is 0.0793. The fraction of sp³-hybridized carbons (Fsp3) is 0.462. The minimum Gasteiger partial charge on any atom is -0.359 e. The molecule has 0 aliphatic carbocycles. The van der Waals surface area contributed by atoms with Crippen molar-refractivity contribution < 1.29 is 0 Å². The van der Waals surface area contributed by atoms with Crippen molar-refractivity contribution in [1.82, 2.24) is 9.13 Å². The molecule has 106 valence electrons. The van der Waals surface area contributed by atoms with Gasteiger partial charge in [-0.05, 0) is 0 Å². The molecule has 7 heteroatoms. The van der Waals surface area contributed by atoms with Crippen molar-refractivity contribution in [3.63, 3.8) is 0 Å². The molecule has 0 saturated carbocycles. The normalized spacial score (nSPS) is 10.4. The molecule has 1 aromatic rings. The zero-order valence-electron chi connectivity index (χ0n) is 12.4. The van der Waals surface area contributed by atoms with Crippen molar-refractivity contribution in [2.24, 2.45) is 14.1 Å². The van der Waals surface area contributed by atoms with Crippen molar-refractivity contribution in [3.05, 3.63) is 26.4 Å². The summed E-state index contributed by atoms with van der Waals surface area (Å²) in [7, 11) is 1.40. The van der Waals surface area contributed by atoms with Gasteiger partial charge in [-0.3, -0.25) is 13.9 Å². The summed E-state index contributed by atoms with van der Waals surface area (Å²) >= 11 is 0. The lowest BCUT2D eigenvalue weighted by atomic mass is 10.3. The molecule has 0 amide bonds. The first-order chi connectivity index (χ1) is 9.19. The second-order valence-electron chi connectivity index (χ2n) is 5.45. The molecule has 1 rings (SSSR count). The highest BCUT2D eigenvalue weighted by Gasteiger charge is 2.14. The van der Waals surface area contributed by atoms with Crippen LogP contribution in [0.4, 0.5) is 5.82 Å². The fourth-order valence-electron chi connectivity index (χ4n) is 1.59. The van der Waals surface area contributed by atoms with Gasteiger partial charge in [-0.25, -0.2) is 4.79 Å². The third kappa shape index (κ3) is 3.40. The highest BCUT2D eigenvalue weighted by Crippen LogP contribution is 2.06. The van der Waals surface area contributed by atoms with Crippen LogP contribution in [0.5, 0.6) is 0 Å². The van der Waals surface area contributed by atoms with E-state index in [1.54, 1.807) is 0 Å². The summed E-state index contributed by atoms with van der Waals surface area (Å²) in [4.78, 5) is 23.7. The van der Waals surface area contributed by atoms with Crippen LogP contribution in [0.3, 0.4) is 0 Å². The van der Waals surface area contributed by atoms with E-state index in [1.807, 2.05) is 6.07 Å².